The van der Waals surface area contributed by atoms with Gasteiger partial charge in [-0.15, -0.1) is 0 Å². The summed E-state index contributed by atoms with van der Waals surface area (Å²) in [7, 11) is 3.19. The Balaban J connectivity index is 1.83. The fraction of sp³-hybridized carbons (Fsp3) is 0.471. The Morgan fingerprint density at radius 1 is 1.25 bits per heavy atom. The number of benzene rings is 1. The molecular formula is C17H22N4O3. The van der Waals surface area contributed by atoms with Gasteiger partial charge in [-0.3, -0.25) is 4.79 Å². The first-order chi connectivity index (χ1) is 11.6. The Labute approximate surface area is 141 Å². The number of amides is 1. The molecule has 24 heavy (non-hydrogen) atoms. The van der Waals surface area contributed by atoms with Crippen LogP contribution in [0.4, 0.5) is 0 Å². The van der Waals surface area contributed by atoms with Gasteiger partial charge in [-0.25, -0.2) is 9.67 Å². The van der Waals surface area contributed by atoms with Crippen molar-refractivity contribution in [2.24, 2.45) is 0 Å². The van der Waals surface area contributed by atoms with E-state index in [1.165, 1.54) is 6.33 Å². The van der Waals surface area contributed by atoms with E-state index in [-0.39, 0.29) is 11.9 Å². The van der Waals surface area contributed by atoms with Gasteiger partial charge < -0.3 is 14.4 Å². The standard InChI is InChI=1S/C17H22N4O3/c1-12-15(23-2)7-13(8-16(12)24-3)17(22)20-6-4-5-14(9-20)21-11-18-10-19-21/h7-8,10-11,14H,4-6,9H2,1-3H3/t14-/m1/s1. The highest BCUT2D eigenvalue weighted by Gasteiger charge is 2.27. The number of hydrogen-bond donors (Lipinski definition) is 0. The lowest BCUT2D eigenvalue weighted by atomic mass is 10.0. The van der Waals surface area contributed by atoms with Crippen LogP contribution in [0, 0.1) is 6.92 Å². The maximum atomic E-state index is 12.9. The molecule has 2 aromatic rings. The molecule has 1 aromatic carbocycles. The molecule has 1 fully saturated rings. The number of nitrogens with zero attached hydrogens (tertiary/aromatic N) is 4. The molecule has 1 aromatic heterocycles. The van der Waals surface area contributed by atoms with Crippen molar-refractivity contribution < 1.29 is 14.3 Å². The van der Waals surface area contributed by atoms with Crippen LogP contribution in [0.5, 0.6) is 11.5 Å². The quantitative estimate of drug-likeness (QED) is 0.858. The summed E-state index contributed by atoms with van der Waals surface area (Å²) in [5.74, 6) is 1.29. The Kier molecular flexibility index (Phi) is 4.69. The number of rotatable bonds is 4. The normalized spacial score (nSPS) is 17.6. The molecular weight excluding hydrogens is 308 g/mol. The van der Waals surface area contributed by atoms with Gasteiger partial charge in [0.05, 0.1) is 20.3 Å². The molecule has 0 bridgehead atoms. The molecule has 128 valence electrons. The Morgan fingerprint density at radius 3 is 2.54 bits per heavy atom. The zero-order valence-electron chi connectivity index (χ0n) is 14.2. The first kappa shape index (κ1) is 16.3. The summed E-state index contributed by atoms with van der Waals surface area (Å²) in [5.41, 5.74) is 1.46. The highest BCUT2D eigenvalue weighted by molar-refractivity contribution is 5.95. The Hall–Kier alpha value is -2.57. The van der Waals surface area contributed by atoms with Crippen molar-refractivity contribution in [3.8, 4) is 11.5 Å². The first-order valence-electron chi connectivity index (χ1n) is 8.00. The molecule has 0 unspecified atom stereocenters. The van der Waals surface area contributed by atoms with Crippen molar-refractivity contribution in [2.45, 2.75) is 25.8 Å². The van der Waals surface area contributed by atoms with Crippen molar-refractivity contribution in [1.82, 2.24) is 19.7 Å². The fourth-order valence-corrected chi connectivity index (χ4v) is 3.15. The van der Waals surface area contributed by atoms with Gasteiger partial charge in [0, 0.05) is 24.2 Å². The van der Waals surface area contributed by atoms with Crippen molar-refractivity contribution in [3.63, 3.8) is 0 Å². The number of likely N-dealkylation sites (tertiary alicyclic amines) is 1. The highest BCUT2D eigenvalue weighted by atomic mass is 16.5. The minimum absolute atomic E-state index is 0.0172. The lowest BCUT2D eigenvalue weighted by Gasteiger charge is -2.32. The average molecular weight is 330 g/mol. The third kappa shape index (κ3) is 3.06. The number of aromatic nitrogens is 3. The van der Waals surface area contributed by atoms with Crippen LogP contribution in [-0.2, 0) is 0 Å². The van der Waals surface area contributed by atoms with Crippen LogP contribution in [0.15, 0.2) is 24.8 Å². The summed E-state index contributed by atoms with van der Waals surface area (Å²) in [5, 5.41) is 4.20. The topological polar surface area (TPSA) is 69.5 Å². The molecule has 0 saturated carbocycles. The summed E-state index contributed by atoms with van der Waals surface area (Å²) in [6, 6.07) is 3.72. The number of methoxy groups -OCH3 is 2. The monoisotopic (exact) mass is 330 g/mol. The molecule has 2 heterocycles. The van der Waals surface area contributed by atoms with Gasteiger partial charge in [-0.2, -0.15) is 5.10 Å². The van der Waals surface area contributed by atoms with Crippen molar-refractivity contribution in [1.29, 1.82) is 0 Å². The van der Waals surface area contributed by atoms with Crippen LogP contribution in [0.1, 0.15) is 34.8 Å². The van der Waals surface area contributed by atoms with Crippen LogP contribution in [0.3, 0.4) is 0 Å². The lowest BCUT2D eigenvalue weighted by Crippen LogP contribution is -2.40. The number of carbonyl (C=O) groups excluding carboxylic acids is 1. The van der Waals surface area contributed by atoms with E-state index < -0.39 is 0 Å². The van der Waals surface area contributed by atoms with Gasteiger partial charge in [-0.05, 0) is 31.9 Å². The summed E-state index contributed by atoms with van der Waals surface area (Å²) in [6.45, 7) is 3.27. The maximum absolute atomic E-state index is 12.9. The minimum Gasteiger partial charge on any atom is -0.496 e. The minimum atomic E-state index is -0.0172. The van der Waals surface area contributed by atoms with E-state index in [4.69, 9.17) is 9.47 Å². The maximum Gasteiger partial charge on any atom is 0.254 e. The van der Waals surface area contributed by atoms with E-state index in [9.17, 15) is 4.79 Å². The highest BCUT2D eigenvalue weighted by Crippen LogP contribution is 2.31. The van der Waals surface area contributed by atoms with Crippen LogP contribution < -0.4 is 9.47 Å². The van der Waals surface area contributed by atoms with E-state index in [1.807, 2.05) is 16.5 Å². The van der Waals surface area contributed by atoms with Crippen molar-refractivity contribution in [3.05, 3.63) is 35.9 Å². The molecule has 1 amide bonds. The molecule has 0 N–H and O–H groups in total. The Morgan fingerprint density at radius 2 is 1.96 bits per heavy atom. The van der Waals surface area contributed by atoms with E-state index in [2.05, 4.69) is 10.1 Å². The van der Waals surface area contributed by atoms with E-state index in [1.54, 1.807) is 32.7 Å². The van der Waals surface area contributed by atoms with Gasteiger partial charge in [0.25, 0.3) is 5.91 Å². The predicted molar refractivity (Wildman–Crippen MR) is 88.5 cm³/mol. The molecule has 0 spiro atoms. The summed E-state index contributed by atoms with van der Waals surface area (Å²) in [6.07, 6.45) is 5.16. The van der Waals surface area contributed by atoms with Crippen molar-refractivity contribution >= 4 is 5.91 Å². The second kappa shape index (κ2) is 6.90. The first-order valence-corrected chi connectivity index (χ1v) is 8.00. The molecule has 1 atom stereocenters. The summed E-state index contributed by atoms with van der Waals surface area (Å²) >= 11 is 0. The molecule has 3 rings (SSSR count). The number of carbonyl (C=O) groups is 1. The summed E-state index contributed by atoms with van der Waals surface area (Å²) in [4.78, 5) is 18.8. The van der Waals surface area contributed by atoms with Gasteiger partial charge in [-0.1, -0.05) is 0 Å². The predicted octanol–water partition coefficient (Wildman–Crippen LogP) is 2.08. The third-order valence-corrected chi connectivity index (χ3v) is 4.49. The van der Waals surface area contributed by atoms with Crippen LogP contribution in [0.25, 0.3) is 0 Å². The van der Waals surface area contributed by atoms with E-state index >= 15 is 0 Å². The van der Waals surface area contributed by atoms with E-state index in [0.29, 0.717) is 23.6 Å². The van der Waals surface area contributed by atoms with Crippen LogP contribution in [0.2, 0.25) is 0 Å². The summed E-state index contributed by atoms with van der Waals surface area (Å²) < 4.78 is 12.6. The lowest BCUT2D eigenvalue weighted by molar-refractivity contribution is 0.0672. The SMILES string of the molecule is COc1cc(C(=O)N2CCC[C@@H](n3cncn3)C2)cc(OC)c1C. The van der Waals surface area contributed by atoms with Gasteiger partial charge >= 0.3 is 0 Å². The van der Waals surface area contributed by atoms with Gasteiger partial charge in [0.15, 0.2) is 0 Å². The second-order valence-electron chi connectivity index (χ2n) is 5.93. The number of piperidine rings is 1. The number of ether oxygens (including phenoxy) is 2. The zero-order valence-corrected chi connectivity index (χ0v) is 14.2. The van der Waals surface area contributed by atoms with Crippen molar-refractivity contribution in [2.75, 3.05) is 27.3 Å². The molecule has 0 aliphatic carbocycles. The van der Waals surface area contributed by atoms with E-state index in [0.717, 1.165) is 24.9 Å². The largest absolute Gasteiger partial charge is 0.496 e. The fourth-order valence-electron chi connectivity index (χ4n) is 3.15. The number of hydrogen-bond acceptors (Lipinski definition) is 5. The van der Waals surface area contributed by atoms with Crippen LogP contribution >= 0.6 is 0 Å². The molecule has 7 nitrogen and oxygen atoms in total. The molecule has 1 aliphatic heterocycles. The third-order valence-electron chi connectivity index (χ3n) is 4.49. The molecule has 1 saturated heterocycles. The average Bonchev–Trinajstić information content (AvgIpc) is 3.16. The Bertz CT molecular complexity index is 690. The zero-order chi connectivity index (χ0) is 17.1. The molecule has 0 radical (unpaired) electrons. The second-order valence-corrected chi connectivity index (χ2v) is 5.93. The molecule has 7 heteroatoms. The van der Waals surface area contributed by atoms with Gasteiger partial charge in [0.2, 0.25) is 0 Å². The molecule has 1 aliphatic rings. The van der Waals surface area contributed by atoms with Gasteiger partial charge in [0.1, 0.15) is 24.2 Å². The smallest absolute Gasteiger partial charge is 0.254 e. The van der Waals surface area contributed by atoms with Crippen LogP contribution in [-0.4, -0.2) is 52.9 Å².